The van der Waals surface area contributed by atoms with Gasteiger partial charge in [0.25, 0.3) is 0 Å². The number of rotatable bonds is 2. The number of nitrogens with two attached hydrogens (primary N) is 1. The number of hydrogen-bond donors (Lipinski definition) is 1. The first-order valence-corrected chi connectivity index (χ1v) is 6.38. The van der Waals surface area contributed by atoms with Crippen molar-refractivity contribution in [2.75, 3.05) is 5.73 Å². The molecule has 20 heavy (non-hydrogen) atoms. The van der Waals surface area contributed by atoms with Gasteiger partial charge < -0.3 is 5.73 Å². The number of hydrogen-bond acceptors (Lipinski definition) is 2. The molecule has 0 atom stereocenters. The first kappa shape index (κ1) is 12.7. The van der Waals surface area contributed by atoms with Crippen molar-refractivity contribution in [1.29, 1.82) is 0 Å². The quantitative estimate of drug-likeness (QED) is 0.776. The van der Waals surface area contributed by atoms with Gasteiger partial charge in [-0.05, 0) is 36.4 Å². The molecule has 0 saturated carbocycles. The first-order chi connectivity index (χ1) is 9.63. The molecule has 3 aromatic rings. The first-order valence-electron chi connectivity index (χ1n) is 6.00. The zero-order valence-corrected chi connectivity index (χ0v) is 11.2. The van der Waals surface area contributed by atoms with Gasteiger partial charge >= 0.3 is 0 Å². The van der Waals surface area contributed by atoms with Crippen molar-refractivity contribution < 1.29 is 4.39 Å². The zero-order valence-electron chi connectivity index (χ0n) is 10.4. The third kappa shape index (κ3) is 2.38. The molecule has 1 heterocycles. The highest BCUT2D eigenvalue weighted by atomic mass is 35.5. The van der Waals surface area contributed by atoms with Crippen molar-refractivity contribution in [3.8, 4) is 16.9 Å². The van der Waals surface area contributed by atoms with Crippen LogP contribution in [0.5, 0.6) is 0 Å². The van der Waals surface area contributed by atoms with Gasteiger partial charge in [-0.25, -0.2) is 9.07 Å². The minimum absolute atomic E-state index is 0.317. The Morgan fingerprint density at radius 1 is 1.10 bits per heavy atom. The summed E-state index contributed by atoms with van der Waals surface area (Å²) in [5.74, 6) is -0.317. The predicted octanol–water partition coefficient (Wildman–Crippen LogP) is 3.91. The minimum Gasteiger partial charge on any atom is -0.396 e. The van der Waals surface area contributed by atoms with Crippen molar-refractivity contribution in [3.05, 3.63) is 65.6 Å². The van der Waals surface area contributed by atoms with E-state index < -0.39 is 0 Å². The van der Waals surface area contributed by atoms with E-state index in [0.29, 0.717) is 22.0 Å². The lowest BCUT2D eigenvalue weighted by Gasteiger charge is -2.01. The third-order valence-corrected chi connectivity index (χ3v) is 3.18. The SMILES string of the molecule is Nc1cn(-c2ccc(Cl)cc2)nc1-c1cccc(F)c1. The van der Waals surface area contributed by atoms with Crippen molar-refractivity contribution >= 4 is 17.3 Å². The van der Waals surface area contributed by atoms with Crippen molar-refractivity contribution in [2.24, 2.45) is 0 Å². The van der Waals surface area contributed by atoms with Gasteiger partial charge in [-0.2, -0.15) is 5.10 Å². The number of anilines is 1. The summed E-state index contributed by atoms with van der Waals surface area (Å²) in [6.45, 7) is 0. The topological polar surface area (TPSA) is 43.8 Å². The van der Waals surface area contributed by atoms with Crippen LogP contribution in [0.2, 0.25) is 5.02 Å². The van der Waals surface area contributed by atoms with Crippen LogP contribution in [0.3, 0.4) is 0 Å². The molecular formula is C15H11ClFN3. The molecule has 100 valence electrons. The molecule has 3 rings (SSSR count). The number of nitrogen functional groups attached to an aromatic ring is 1. The van der Waals surface area contributed by atoms with Crippen LogP contribution in [0.4, 0.5) is 10.1 Å². The predicted molar refractivity (Wildman–Crippen MR) is 78.4 cm³/mol. The van der Waals surface area contributed by atoms with Gasteiger partial charge in [-0.1, -0.05) is 23.7 Å². The monoisotopic (exact) mass is 287 g/mol. The van der Waals surface area contributed by atoms with Gasteiger partial charge in [0, 0.05) is 10.6 Å². The summed E-state index contributed by atoms with van der Waals surface area (Å²) in [5, 5.41) is 5.06. The molecule has 0 aliphatic rings. The van der Waals surface area contributed by atoms with E-state index in [2.05, 4.69) is 5.10 Å². The van der Waals surface area contributed by atoms with Gasteiger partial charge in [0.1, 0.15) is 11.5 Å². The average molecular weight is 288 g/mol. The zero-order chi connectivity index (χ0) is 14.1. The maximum atomic E-state index is 13.3. The van der Waals surface area contributed by atoms with E-state index in [1.165, 1.54) is 12.1 Å². The van der Waals surface area contributed by atoms with Gasteiger partial charge in [0.2, 0.25) is 0 Å². The Bertz CT molecular complexity index is 750. The second kappa shape index (κ2) is 4.98. The van der Waals surface area contributed by atoms with E-state index in [-0.39, 0.29) is 5.82 Å². The van der Waals surface area contributed by atoms with E-state index in [4.69, 9.17) is 17.3 Å². The smallest absolute Gasteiger partial charge is 0.123 e. The Kier molecular flexibility index (Phi) is 3.16. The summed E-state index contributed by atoms with van der Waals surface area (Å²) < 4.78 is 14.9. The van der Waals surface area contributed by atoms with Crippen LogP contribution in [-0.2, 0) is 0 Å². The average Bonchev–Trinajstić information content (AvgIpc) is 2.82. The Labute approximate surface area is 120 Å². The van der Waals surface area contributed by atoms with Crippen molar-refractivity contribution in [1.82, 2.24) is 9.78 Å². The van der Waals surface area contributed by atoms with Gasteiger partial charge in [0.15, 0.2) is 0 Å². The number of halogens is 2. The second-order valence-corrected chi connectivity index (χ2v) is 4.80. The number of aromatic nitrogens is 2. The summed E-state index contributed by atoms with van der Waals surface area (Å²) >= 11 is 5.85. The summed E-state index contributed by atoms with van der Waals surface area (Å²) in [6, 6.07) is 13.4. The Hall–Kier alpha value is -2.33. The van der Waals surface area contributed by atoms with Gasteiger partial charge in [-0.3, -0.25) is 0 Å². The summed E-state index contributed by atoms with van der Waals surface area (Å²) in [5.41, 5.74) is 8.49. The molecule has 1 aromatic heterocycles. The van der Waals surface area contributed by atoms with Crippen LogP contribution >= 0.6 is 11.6 Å². The molecule has 0 aliphatic heterocycles. The van der Waals surface area contributed by atoms with E-state index in [1.807, 2.05) is 12.1 Å². The molecule has 0 aliphatic carbocycles. The van der Waals surface area contributed by atoms with Crippen LogP contribution in [0.15, 0.2) is 54.7 Å². The molecule has 2 aromatic carbocycles. The van der Waals surface area contributed by atoms with Crippen LogP contribution in [0.1, 0.15) is 0 Å². The van der Waals surface area contributed by atoms with Crippen LogP contribution in [-0.4, -0.2) is 9.78 Å². The lowest BCUT2D eigenvalue weighted by molar-refractivity contribution is 0.628. The van der Waals surface area contributed by atoms with Gasteiger partial charge in [-0.15, -0.1) is 0 Å². The van der Waals surface area contributed by atoms with E-state index in [9.17, 15) is 4.39 Å². The maximum absolute atomic E-state index is 13.3. The number of benzene rings is 2. The lowest BCUT2D eigenvalue weighted by atomic mass is 10.1. The fourth-order valence-electron chi connectivity index (χ4n) is 1.97. The highest BCUT2D eigenvalue weighted by Gasteiger charge is 2.10. The fourth-order valence-corrected chi connectivity index (χ4v) is 2.10. The molecule has 2 N–H and O–H groups in total. The standard InChI is InChI=1S/C15H11ClFN3/c16-11-4-6-13(7-5-11)20-9-14(18)15(19-20)10-2-1-3-12(17)8-10/h1-9H,18H2. The third-order valence-electron chi connectivity index (χ3n) is 2.93. The van der Waals surface area contributed by atoms with E-state index >= 15 is 0 Å². The maximum Gasteiger partial charge on any atom is 0.123 e. The van der Waals surface area contributed by atoms with E-state index in [0.717, 1.165) is 5.69 Å². The Balaban J connectivity index is 2.05. The van der Waals surface area contributed by atoms with Crippen LogP contribution in [0, 0.1) is 5.82 Å². The molecule has 0 amide bonds. The highest BCUT2D eigenvalue weighted by Crippen LogP contribution is 2.26. The molecule has 0 fully saturated rings. The van der Waals surface area contributed by atoms with Crippen LogP contribution < -0.4 is 5.73 Å². The molecule has 0 unspecified atom stereocenters. The normalized spacial score (nSPS) is 10.7. The Morgan fingerprint density at radius 2 is 1.85 bits per heavy atom. The molecular weight excluding hydrogens is 277 g/mol. The van der Waals surface area contributed by atoms with Crippen molar-refractivity contribution in [2.45, 2.75) is 0 Å². The summed E-state index contributed by atoms with van der Waals surface area (Å²) in [4.78, 5) is 0. The van der Waals surface area contributed by atoms with E-state index in [1.54, 1.807) is 35.1 Å². The molecule has 0 bridgehead atoms. The van der Waals surface area contributed by atoms with Gasteiger partial charge in [0.05, 0.1) is 17.6 Å². The molecule has 0 spiro atoms. The molecule has 0 saturated heterocycles. The largest absolute Gasteiger partial charge is 0.396 e. The molecule has 0 radical (unpaired) electrons. The van der Waals surface area contributed by atoms with Crippen molar-refractivity contribution in [3.63, 3.8) is 0 Å². The molecule has 3 nitrogen and oxygen atoms in total. The fraction of sp³-hybridized carbons (Fsp3) is 0. The van der Waals surface area contributed by atoms with Crippen LogP contribution in [0.25, 0.3) is 16.9 Å². The minimum atomic E-state index is -0.317. The summed E-state index contributed by atoms with van der Waals surface area (Å²) in [6.07, 6.45) is 1.70. The highest BCUT2D eigenvalue weighted by molar-refractivity contribution is 6.30. The summed E-state index contributed by atoms with van der Waals surface area (Å²) in [7, 11) is 0. The lowest BCUT2D eigenvalue weighted by Crippen LogP contribution is -1.94. The Morgan fingerprint density at radius 3 is 2.55 bits per heavy atom. The molecule has 5 heteroatoms. The second-order valence-electron chi connectivity index (χ2n) is 4.36. The number of nitrogens with zero attached hydrogens (tertiary/aromatic N) is 2.